The van der Waals surface area contributed by atoms with E-state index in [-0.39, 0.29) is 12.5 Å². The largest absolute Gasteiger partial charge is 0.394 e. The molecule has 9 nitrogen and oxygen atoms in total. The van der Waals surface area contributed by atoms with Gasteiger partial charge in [-0.1, -0.05) is 269 Å². The lowest BCUT2D eigenvalue weighted by Crippen LogP contribution is -2.60. The van der Waals surface area contributed by atoms with E-state index in [9.17, 15) is 30.3 Å². The van der Waals surface area contributed by atoms with Crippen LogP contribution in [0, 0.1) is 0 Å². The molecule has 1 fully saturated rings. The quantitative estimate of drug-likeness (QED) is 0.0261. The second-order valence-electron chi connectivity index (χ2n) is 20.8. The van der Waals surface area contributed by atoms with Gasteiger partial charge < -0.3 is 40.3 Å². The van der Waals surface area contributed by atoms with Gasteiger partial charge in [0.25, 0.3) is 0 Å². The molecule has 7 unspecified atom stereocenters. The lowest BCUT2D eigenvalue weighted by atomic mass is 9.99. The maximum Gasteiger partial charge on any atom is 0.220 e. The van der Waals surface area contributed by atoms with Crippen LogP contribution in [-0.2, 0) is 14.3 Å². The van der Waals surface area contributed by atoms with Crippen LogP contribution in [-0.4, -0.2) is 87.5 Å². The molecule has 0 aromatic rings. The molecule has 0 bridgehead atoms. The standard InChI is InChI=1S/C60H113NO8/c1-3-5-7-9-11-13-15-17-19-21-23-25-27-28-30-32-34-36-38-40-42-44-46-48-50-56(64)61-53(52-68-60-59(67)58(66)57(65)55(51-62)69-60)54(63)49-47-45-43-41-39-37-35-33-31-29-26-24-22-20-18-16-14-12-10-8-6-4-2/h31,33,39,41,47,49,53-55,57-60,62-63,65-67H,3-30,32,34-38,40,42-46,48,50-52H2,1-2H3,(H,61,64)/b33-31+,41-39+,49-47+. The van der Waals surface area contributed by atoms with E-state index in [1.54, 1.807) is 6.08 Å². The lowest BCUT2D eigenvalue weighted by molar-refractivity contribution is -0.302. The number of rotatable bonds is 51. The van der Waals surface area contributed by atoms with Gasteiger partial charge in [0.15, 0.2) is 6.29 Å². The van der Waals surface area contributed by atoms with E-state index in [1.165, 1.54) is 218 Å². The van der Waals surface area contributed by atoms with Crippen molar-refractivity contribution in [3.63, 3.8) is 0 Å². The van der Waals surface area contributed by atoms with Gasteiger partial charge in [0.1, 0.15) is 24.4 Å². The first-order chi connectivity index (χ1) is 33.8. The molecule has 69 heavy (non-hydrogen) atoms. The average Bonchev–Trinajstić information content (AvgIpc) is 3.35. The number of hydrogen-bond donors (Lipinski definition) is 6. The molecule has 1 amide bonds. The Morgan fingerprint density at radius 2 is 0.826 bits per heavy atom. The monoisotopic (exact) mass is 976 g/mol. The Morgan fingerprint density at radius 3 is 1.22 bits per heavy atom. The summed E-state index contributed by atoms with van der Waals surface area (Å²) in [4.78, 5) is 13.1. The second-order valence-corrected chi connectivity index (χ2v) is 20.8. The van der Waals surface area contributed by atoms with Crippen molar-refractivity contribution in [2.45, 2.75) is 326 Å². The summed E-state index contributed by atoms with van der Waals surface area (Å²) in [5.41, 5.74) is 0. The maximum absolute atomic E-state index is 13.1. The van der Waals surface area contributed by atoms with Crippen LogP contribution in [0.15, 0.2) is 36.5 Å². The summed E-state index contributed by atoms with van der Waals surface area (Å²) in [5.74, 6) is -0.185. The van der Waals surface area contributed by atoms with Crippen LogP contribution in [0.3, 0.4) is 0 Å². The van der Waals surface area contributed by atoms with Crippen molar-refractivity contribution < 1.29 is 39.8 Å². The number of nitrogens with one attached hydrogen (secondary N) is 1. The second kappa shape index (κ2) is 50.0. The van der Waals surface area contributed by atoms with E-state index in [0.29, 0.717) is 6.42 Å². The Morgan fingerprint density at radius 1 is 0.478 bits per heavy atom. The summed E-state index contributed by atoms with van der Waals surface area (Å²) >= 11 is 0. The highest BCUT2D eigenvalue weighted by Crippen LogP contribution is 2.23. The molecule has 0 spiro atoms. The van der Waals surface area contributed by atoms with Gasteiger partial charge in [-0.15, -0.1) is 0 Å². The average molecular weight is 977 g/mol. The van der Waals surface area contributed by atoms with Gasteiger partial charge in [-0.25, -0.2) is 0 Å². The first-order valence-corrected chi connectivity index (χ1v) is 29.7. The molecule has 1 aliphatic rings. The van der Waals surface area contributed by atoms with E-state index in [2.05, 4.69) is 43.5 Å². The van der Waals surface area contributed by atoms with Crippen LogP contribution < -0.4 is 5.32 Å². The molecule has 0 aliphatic carbocycles. The Kier molecular flexibility index (Phi) is 47.4. The molecule has 6 N–H and O–H groups in total. The summed E-state index contributed by atoms with van der Waals surface area (Å²) in [6.45, 7) is 3.79. The first kappa shape index (κ1) is 65.4. The van der Waals surface area contributed by atoms with E-state index in [4.69, 9.17) is 9.47 Å². The van der Waals surface area contributed by atoms with Crippen LogP contribution in [0.2, 0.25) is 0 Å². The summed E-state index contributed by atoms with van der Waals surface area (Å²) in [6.07, 6.45) is 57.9. The molecule has 1 saturated heterocycles. The highest BCUT2D eigenvalue weighted by atomic mass is 16.7. The number of carbonyl (C=O) groups is 1. The number of amides is 1. The normalized spacial score (nSPS) is 19.7. The summed E-state index contributed by atoms with van der Waals surface area (Å²) < 4.78 is 11.3. The molecule has 9 heteroatoms. The third-order valence-corrected chi connectivity index (χ3v) is 14.2. The van der Waals surface area contributed by atoms with Crippen LogP contribution >= 0.6 is 0 Å². The lowest BCUT2D eigenvalue weighted by Gasteiger charge is -2.40. The molecule has 0 aromatic heterocycles. The van der Waals surface area contributed by atoms with E-state index in [1.807, 2.05) is 6.08 Å². The summed E-state index contributed by atoms with van der Waals surface area (Å²) in [5, 5.41) is 54.5. The zero-order valence-electron chi connectivity index (χ0n) is 45.1. The smallest absolute Gasteiger partial charge is 0.220 e. The van der Waals surface area contributed by atoms with Gasteiger partial charge in [0.2, 0.25) is 5.91 Å². The fourth-order valence-electron chi connectivity index (χ4n) is 9.49. The summed E-state index contributed by atoms with van der Waals surface area (Å²) in [6, 6.07) is -0.826. The van der Waals surface area contributed by atoms with Crippen LogP contribution in [0.4, 0.5) is 0 Å². The highest BCUT2D eigenvalue weighted by Gasteiger charge is 2.44. The van der Waals surface area contributed by atoms with Crippen molar-refractivity contribution in [1.82, 2.24) is 5.32 Å². The topological polar surface area (TPSA) is 149 Å². The van der Waals surface area contributed by atoms with Crippen molar-refractivity contribution >= 4 is 5.91 Å². The van der Waals surface area contributed by atoms with Gasteiger partial charge in [0.05, 0.1) is 25.4 Å². The van der Waals surface area contributed by atoms with Crippen LogP contribution in [0.25, 0.3) is 0 Å². The molecular weight excluding hydrogens is 863 g/mol. The predicted octanol–water partition coefficient (Wildman–Crippen LogP) is 14.7. The molecule has 1 rings (SSSR count). The molecule has 1 heterocycles. The summed E-state index contributed by atoms with van der Waals surface area (Å²) in [7, 11) is 0. The Balaban J connectivity index is 2.24. The van der Waals surface area contributed by atoms with Gasteiger partial charge >= 0.3 is 0 Å². The van der Waals surface area contributed by atoms with Crippen molar-refractivity contribution in [3.05, 3.63) is 36.5 Å². The van der Waals surface area contributed by atoms with E-state index >= 15 is 0 Å². The number of carbonyl (C=O) groups excluding carboxylic acids is 1. The minimum atomic E-state index is -1.57. The van der Waals surface area contributed by atoms with Crippen LogP contribution in [0.1, 0.15) is 284 Å². The van der Waals surface area contributed by atoms with Crippen LogP contribution in [0.5, 0.6) is 0 Å². The fourth-order valence-corrected chi connectivity index (χ4v) is 9.49. The molecule has 0 aromatic carbocycles. The predicted molar refractivity (Wildman–Crippen MR) is 290 cm³/mol. The third kappa shape index (κ3) is 39.6. The number of allylic oxidation sites excluding steroid dienone is 5. The molecule has 7 atom stereocenters. The van der Waals surface area contributed by atoms with Crippen molar-refractivity contribution in [3.8, 4) is 0 Å². The van der Waals surface area contributed by atoms with Crippen molar-refractivity contribution in [1.29, 1.82) is 0 Å². The minimum Gasteiger partial charge on any atom is -0.394 e. The van der Waals surface area contributed by atoms with Crippen molar-refractivity contribution in [2.24, 2.45) is 0 Å². The van der Waals surface area contributed by atoms with Gasteiger partial charge in [-0.2, -0.15) is 0 Å². The van der Waals surface area contributed by atoms with Gasteiger partial charge in [-0.05, 0) is 44.9 Å². The number of unbranched alkanes of at least 4 members (excludes halogenated alkanes) is 37. The Bertz CT molecular complexity index is 1180. The number of hydrogen-bond acceptors (Lipinski definition) is 8. The number of aliphatic hydroxyl groups is 5. The zero-order chi connectivity index (χ0) is 50.1. The highest BCUT2D eigenvalue weighted by molar-refractivity contribution is 5.76. The fraction of sp³-hybridized carbons (Fsp3) is 0.883. The van der Waals surface area contributed by atoms with Gasteiger partial charge in [-0.3, -0.25) is 4.79 Å². The maximum atomic E-state index is 13.1. The number of ether oxygens (including phenoxy) is 2. The van der Waals surface area contributed by atoms with Gasteiger partial charge in [0, 0.05) is 6.42 Å². The van der Waals surface area contributed by atoms with Crippen molar-refractivity contribution in [2.75, 3.05) is 13.2 Å². The molecule has 406 valence electrons. The molecule has 1 aliphatic heterocycles. The molecule has 0 saturated carbocycles. The third-order valence-electron chi connectivity index (χ3n) is 14.2. The SMILES string of the molecule is CCCCCCCCCCCCCC/C=C/CC/C=C/CC/C=C/C(O)C(COC1OC(CO)C(O)C(O)C1O)NC(=O)CCCCCCCCCCCCCCCCCCCCCCCCCC. The Labute approximate surface area is 425 Å². The molecular formula is C60H113NO8. The van der Waals surface area contributed by atoms with E-state index < -0.39 is 49.5 Å². The minimum absolute atomic E-state index is 0.185. The Hall–Kier alpha value is -1.59. The number of aliphatic hydroxyl groups excluding tert-OH is 5. The zero-order valence-corrected chi connectivity index (χ0v) is 45.1. The molecule has 0 radical (unpaired) electrons. The van der Waals surface area contributed by atoms with E-state index in [0.717, 1.165) is 44.9 Å². The first-order valence-electron chi connectivity index (χ1n) is 29.7.